The molecule has 0 radical (unpaired) electrons. The van der Waals surface area contributed by atoms with Crippen molar-refractivity contribution in [2.24, 2.45) is 4.99 Å². The second kappa shape index (κ2) is 16.1. The minimum absolute atomic E-state index is 0.127. The second-order valence-electron chi connectivity index (χ2n) is 19.8. The maximum atomic E-state index is 5.68. The Morgan fingerprint density at radius 3 is 2.00 bits per heavy atom. The molecule has 0 saturated carbocycles. The van der Waals surface area contributed by atoms with Crippen LogP contribution in [0.1, 0.15) is 12.0 Å². The van der Waals surface area contributed by atoms with Crippen molar-refractivity contribution >= 4 is 124 Å². The summed E-state index contributed by atoms with van der Waals surface area (Å²) in [5.41, 5.74) is 12.8. The molecule has 11 aliphatic rings. The number of hydrogen-bond donors (Lipinski definition) is 2. The number of allylic oxidation sites excluding steroid dienone is 7. The van der Waals surface area contributed by atoms with Gasteiger partial charge in [0.2, 0.25) is 20.1 Å². The van der Waals surface area contributed by atoms with Gasteiger partial charge in [-0.05, 0) is 93.3 Å². The molecule has 7 heterocycles. The largest absolute Gasteiger partial charge is 0.350 e. The molecule has 0 spiro atoms. The van der Waals surface area contributed by atoms with Crippen LogP contribution >= 0.6 is 70.6 Å². The average molecular weight is 994 g/mol. The summed E-state index contributed by atoms with van der Waals surface area (Å²) >= 11 is 12.1. The molecule has 9 unspecified atom stereocenters. The van der Waals surface area contributed by atoms with Crippen molar-refractivity contribution in [2.75, 3.05) is 0 Å². The molecular weight excluding hydrogens is 951 g/mol. The van der Waals surface area contributed by atoms with Crippen LogP contribution in [0.25, 0.3) is 0 Å². The van der Waals surface area contributed by atoms with Gasteiger partial charge in [0.05, 0.1) is 0 Å². The van der Waals surface area contributed by atoms with E-state index in [1.54, 1.807) is 5.47 Å². The van der Waals surface area contributed by atoms with Crippen molar-refractivity contribution < 1.29 is 0 Å². The Kier molecular flexibility index (Phi) is 9.67. The maximum absolute atomic E-state index is 5.68. The fourth-order valence-corrected chi connectivity index (χ4v) is 21.5. The van der Waals surface area contributed by atoms with E-state index in [2.05, 4.69) is 210 Å². The molecule has 330 valence electrons. The van der Waals surface area contributed by atoms with E-state index in [9.17, 15) is 0 Å². The number of rotatable bonds is 3. The lowest BCUT2D eigenvalue weighted by atomic mass is 9.31. The summed E-state index contributed by atoms with van der Waals surface area (Å²) in [4.78, 5) is 17.0. The van der Waals surface area contributed by atoms with E-state index in [0.29, 0.717) is 58.6 Å². The molecule has 16 rings (SSSR count). The number of nitrogens with one attached hydrogen (secondary N) is 2. The zero-order valence-corrected chi connectivity index (χ0v) is 42.2. The predicted octanol–water partition coefficient (Wildman–Crippen LogP) is 10.0. The molecule has 0 bridgehead atoms. The van der Waals surface area contributed by atoms with Crippen molar-refractivity contribution in [1.82, 2.24) is 10.6 Å². The summed E-state index contributed by atoms with van der Waals surface area (Å²) in [5, 5.41) is 9.74. The van der Waals surface area contributed by atoms with Crippen LogP contribution in [0.15, 0.2) is 237 Å². The Morgan fingerprint density at radius 1 is 0.522 bits per heavy atom. The van der Waals surface area contributed by atoms with Gasteiger partial charge >= 0.3 is 0 Å². The fourth-order valence-electron chi connectivity index (χ4n) is 13.2. The molecule has 0 aromatic heterocycles. The van der Waals surface area contributed by atoms with Crippen molar-refractivity contribution in [3.8, 4) is 0 Å². The molecule has 5 aromatic carbocycles. The van der Waals surface area contributed by atoms with Crippen molar-refractivity contribution in [3.63, 3.8) is 0 Å². The first kappa shape index (κ1) is 41.4. The Balaban J connectivity index is 0.783. The SMILES string of the molecule is C1=CC2Sc3cccc4c3B(c3ccc(C5=NC(C6=CC7Sc8cccc9c8B(c8ccccc8S9)C7C=C6)NC(C6=CC7SC8=C9B(c%10ccccc%10SC9CC=C8)C7C=C6)N5)cc3S4)C2C=C1. The van der Waals surface area contributed by atoms with Crippen molar-refractivity contribution in [1.29, 1.82) is 0 Å². The monoisotopic (exact) mass is 993 g/mol. The van der Waals surface area contributed by atoms with E-state index in [1.807, 2.05) is 47.0 Å². The highest BCUT2D eigenvalue weighted by Gasteiger charge is 2.49. The lowest BCUT2D eigenvalue weighted by molar-refractivity contribution is 0.468. The van der Waals surface area contributed by atoms with Crippen LogP contribution in [0.5, 0.6) is 0 Å². The van der Waals surface area contributed by atoms with E-state index in [-0.39, 0.29) is 12.3 Å². The molecule has 3 nitrogen and oxygen atoms in total. The number of amidine groups is 1. The molecule has 69 heavy (non-hydrogen) atoms. The van der Waals surface area contributed by atoms with Gasteiger partial charge in [0, 0.05) is 60.8 Å². The third-order valence-corrected chi connectivity index (χ3v) is 23.9. The van der Waals surface area contributed by atoms with Gasteiger partial charge < -0.3 is 5.32 Å². The Hall–Kier alpha value is -4.26. The van der Waals surface area contributed by atoms with Gasteiger partial charge in [0.15, 0.2) is 0 Å². The van der Waals surface area contributed by atoms with Crippen molar-refractivity contribution in [2.45, 2.75) is 91.5 Å². The van der Waals surface area contributed by atoms with Crippen LogP contribution in [0.3, 0.4) is 0 Å². The summed E-state index contributed by atoms with van der Waals surface area (Å²) in [7, 11) is 0. The van der Waals surface area contributed by atoms with Gasteiger partial charge in [-0.25, -0.2) is 4.99 Å². The smallest absolute Gasteiger partial charge is 0.222 e. The third kappa shape index (κ3) is 6.47. The standard InChI is InChI=1S/C57H42B3N3S6/c1-4-13-40-34(10-1)58-37-25-22-31(28-49(37)67-46-19-7-16-43(64-40)52(46)58)55-61-56(32-23-26-38-50(29-32)68-47-20-8-17-44-53(47)59(38)35-11-2-5-14-41(35)65-44)63-57(62-55)33-24-27-39-51(30-33)69-48-21-9-18-45-54(48)60(39)36-12-3-6-15-42(36)66-45/h1-17,19-30,34,38-40,45,50-51,56-57,63H,18H2,(H,61,62). The summed E-state index contributed by atoms with van der Waals surface area (Å²) in [6.07, 6.45) is 30.1. The highest BCUT2D eigenvalue weighted by Crippen LogP contribution is 2.54. The molecule has 5 aromatic rings. The van der Waals surface area contributed by atoms with E-state index in [0.717, 1.165) is 17.8 Å². The molecule has 9 atom stereocenters. The quantitative estimate of drug-likeness (QED) is 0.173. The molecule has 4 aliphatic carbocycles. The van der Waals surface area contributed by atoms with E-state index < -0.39 is 0 Å². The lowest BCUT2D eigenvalue weighted by Crippen LogP contribution is -2.57. The number of nitrogens with zero attached hydrogens (tertiary/aromatic N) is 1. The van der Waals surface area contributed by atoms with Crippen LogP contribution in [-0.4, -0.2) is 59.3 Å². The first-order chi connectivity index (χ1) is 34.1. The minimum Gasteiger partial charge on any atom is -0.350 e. The molecule has 0 saturated heterocycles. The van der Waals surface area contributed by atoms with E-state index in [1.165, 1.54) is 77.6 Å². The second-order valence-corrected chi connectivity index (χ2v) is 26.9. The number of aliphatic imine (C=N–C) groups is 1. The molecular formula is C57H42B3N3S6. The normalized spacial score (nSPS) is 29.7. The first-order valence-corrected chi connectivity index (χ1v) is 29.6. The molecule has 0 amide bonds. The van der Waals surface area contributed by atoms with Crippen LogP contribution in [0.4, 0.5) is 0 Å². The van der Waals surface area contributed by atoms with Gasteiger partial charge in [0.1, 0.15) is 18.2 Å². The Bertz CT molecular complexity index is 3410. The summed E-state index contributed by atoms with van der Waals surface area (Å²) < 4.78 is 0. The van der Waals surface area contributed by atoms with Crippen LogP contribution < -0.4 is 37.9 Å². The van der Waals surface area contributed by atoms with Gasteiger partial charge in [-0.1, -0.05) is 179 Å². The summed E-state index contributed by atoms with van der Waals surface area (Å²) in [6.45, 7) is 1.09. The summed E-state index contributed by atoms with van der Waals surface area (Å²) in [5.74, 6) is 2.16. The number of hydrogen-bond acceptors (Lipinski definition) is 9. The van der Waals surface area contributed by atoms with E-state index >= 15 is 0 Å². The summed E-state index contributed by atoms with van der Waals surface area (Å²) in [6, 6.07) is 39.5. The Labute approximate surface area is 430 Å². The van der Waals surface area contributed by atoms with Gasteiger partial charge in [-0.15, -0.1) is 47.0 Å². The zero-order valence-electron chi connectivity index (χ0n) is 37.3. The van der Waals surface area contributed by atoms with Gasteiger partial charge in [-0.2, -0.15) is 0 Å². The van der Waals surface area contributed by atoms with E-state index in [4.69, 9.17) is 4.99 Å². The minimum atomic E-state index is -0.224. The number of benzene rings is 5. The molecule has 2 N–H and O–H groups in total. The number of thioether (sulfide) groups is 4. The van der Waals surface area contributed by atoms with Gasteiger partial charge in [0.25, 0.3) is 0 Å². The zero-order chi connectivity index (χ0) is 44.9. The maximum Gasteiger partial charge on any atom is 0.222 e. The highest BCUT2D eigenvalue weighted by molar-refractivity contribution is 8.05. The van der Waals surface area contributed by atoms with Gasteiger partial charge in [-0.3, -0.25) is 5.32 Å². The first-order valence-electron chi connectivity index (χ1n) is 24.4. The highest BCUT2D eigenvalue weighted by atomic mass is 32.2. The van der Waals surface area contributed by atoms with Crippen LogP contribution in [0.2, 0.25) is 17.5 Å². The predicted molar refractivity (Wildman–Crippen MR) is 301 cm³/mol. The van der Waals surface area contributed by atoms with Crippen LogP contribution in [-0.2, 0) is 0 Å². The topological polar surface area (TPSA) is 36.4 Å². The Morgan fingerprint density at radius 2 is 1.16 bits per heavy atom. The fraction of sp³-hybridized carbons (Fsp3) is 0.175. The molecule has 7 aliphatic heterocycles. The van der Waals surface area contributed by atoms with Crippen molar-refractivity contribution in [3.05, 3.63) is 203 Å². The van der Waals surface area contributed by atoms with Crippen LogP contribution in [0, 0.1) is 0 Å². The average Bonchev–Trinajstić information content (AvgIpc) is 3.40. The molecule has 0 fully saturated rings. The lowest BCUT2D eigenvalue weighted by Gasteiger charge is -2.45. The number of fused-ring (bicyclic) bond motifs is 12. The third-order valence-electron chi connectivity index (χ3n) is 16.2. The molecule has 12 heteroatoms.